The summed E-state index contributed by atoms with van der Waals surface area (Å²) in [5, 5.41) is 2.95. The van der Waals surface area contributed by atoms with Gasteiger partial charge >= 0.3 is 0 Å². The summed E-state index contributed by atoms with van der Waals surface area (Å²) in [6.45, 7) is 4.10. The summed E-state index contributed by atoms with van der Waals surface area (Å²) in [7, 11) is -3.48. The highest BCUT2D eigenvalue weighted by Crippen LogP contribution is 2.24. The van der Waals surface area contributed by atoms with E-state index in [0.717, 1.165) is 24.0 Å². The van der Waals surface area contributed by atoms with Crippen LogP contribution in [0.5, 0.6) is 5.75 Å². The SMILES string of the molecule is Cc1ccc(CN(c2ccc(OCC(=O)N[C@@H](C)CCc3ccccc3)cc2)S(C)(=O)=O)cc1. The summed E-state index contributed by atoms with van der Waals surface area (Å²) in [6.07, 6.45) is 2.92. The number of ether oxygens (including phenoxy) is 1. The van der Waals surface area contributed by atoms with Crippen molar-refractivity contribution in [3.63, 3.8) is 0 Å². The van der Waals surface area contributed by atoms with Crippen LogP contribution >= 0.6 is 0 Å². The van der Waals surface area contributed by atoms with Gasteiger partial charge in [0.2, 0.25) is 10.0 Å². The smallest absolute Gasteiger partial charge is 0.258 e. The third-order valence-corrected chi connectivity index (χ3v) is 6.60. The minimum Gasteiger partial charge on any atom is -0.484 e. The van der Waals surface area contributed by atoms with E-state index in [1.807, 2.05) is 56.3 Å². The molecule has 0 bridgehead atoms. The van der Waals surface area contributed by atoms with Crippen molar-refractivity contribution in [2.45, 2.75) is 39.3 Å². The Hall–Kier alpha value is -3.32. The molecular formula is C27H32N2O4S. The van der Waals surface area contributed by atoms with Gasteiger partial charge in [-0.15, -0.1) is 0 Å². The van der Waals surface area contributed by atoms with E-state index < -0.39 is 10.0 Å². The van der Waals surface area contributed by atoms with Crippen molar-refractivity contribution in [2.75, 3.05) is 17.2 Å². The maximum absolute atomic E-state index is 12.4. The predicted molar refractivity (Wildman–Crippen MR) is 137 cm³/mol. The molecule has 0 radical (unpaired) electrons. The maximum atomic E-state index is 12.4. The second-order valence-electron chi connectivity index (χ2n) is 8.53. The van der Waals surface area contributed by atoms with Crippen LogP contribution in [0.15, 0.2) is 78.9 Å². The lowest BCUT2D eigenvalue weighted by Gasteiger charge is -2.23. The molecule has 0 fully saturated rings. The van der Waals surface area contributed by atoms with Gasteiger partial charge in [-0.3, -0.25) is 9.10 Å². The van der Waals surface area contributed by atoms with E-state index in [1.165, 1.54) is 16.1 Å². The molecule has 0 saturated heterocycles. The Morgan fingerprint density at radius 1 is 0.941 bits per heavy atom. The first-order valence-corrected chi connectivity index (χ1v) is 13.1. The summed E-state index contributed by atoms with van der Waals surface area (Å²) >= 11 is 0. The Labute approximate surface area is 202 Å². The van der Waals surface area contributed by atoms with Crippen LogP contribution in [0.2, 0.25) is 0 Å². The molecule has 6 nitrogen and oxygen atoms in total. The van der Waals surface area contributed by atoms with Gasteiger partial charge in [0.25, 0.3) is 5.91 Å². The van der Waals surface area contributed by atoms with Crippen molar-refractivity contribution in [3.8, 4) is 5.75 Å². The summed E-state index contributed by atoms with van der Waals surface area (Å²) in [5.74, 6) is 0.307. The van der Waals surface area contributed by atoms with Crippen molar-refractivity contribution < 1.29 is 17.9 Å². The quantitative estimate of drug-likeness (QED) is 0.439. The van der Waals surface area contributed by atoms with Crippen molar-refractivity contribution in [1.82, 2.24) is 5.32 Å². The second kappa shape index (κ2) is 11.7. The van der Waals surface area contributed by atoms with Gasteiger partial charge in [-0.1, -0.05) is 60.2 Å². The zero-order chi connectivity index (χ0) is 24.6. The number of nitrogens with one attached hydrogen (secondary N) is 1. The van der Waals surface area contributed by atoms with E-state index >= 15 is 0 Å². The molecule has 7 heteroatoms. The van der Waals surface area contributed by atoms with Crippen molar-refractivity contribution in [2.24, 2.45) is 0 Å². The molecule has 1 amide bonds. The number of amides is 1. The fourth-order valence-corrected chi connectivity index (χ4v) is 4.42. The number of nitrogens with zero attached hydrogens (tertiary/aromatic N) is 1. The third kappa shape index (κ3) is 7.92. The lowest BCUT2D eigenvalue weighted by molar-refractivity contribution is -0.123. The van der Waals surface area contributed by atoms with E-state index in [2.05, 4.69) is 17.4 Å². The lowest BCUT2D eigenvalue weighted by atomic mass is 10.1. The first-order valence-electron chi connectivity index (χ1n) is 11.3. The van der Waals surface area contributed by atoms with E-state index in [1.54, 1.807) is 24.3 Å². The molecule has 0 aliphatic carbocycles. The number of carbonyl (C=O) groups is 1. The monoisotopic (exact) mass is 480 g/mol. The van der Waals surface area contributed by atoms with Crippen LogP contribution in [-0.4, -0.2) is 33.2 Å². The first kappa shape index (κ1) is 25.3. The zero-order valence-corrected chi connectivity index (χ0v) is 20.7. The minimum absolute atomic E-state index is 0.0313. The fraction of sp³-hybridized carbons (Fsp3) is 0.296. The van der Waals surface area contributed by atoms with Crippen LogP contribution in [0.4, 0.5) is 5.69 Å². The Kier molecular flexibility index (Phi) is 8.71. The largest absolute Gasteiger partial charge is 0.484 e. The van der Waals surface area contributed by atoms with Crippen LogP contribution in [0.1, 0.15) is 30.0 Å². The van der Waals surface area contributed by atoms with Crippen molar-refractivity contribution >= 4 is 21.6 Å². The molecule has 0 spiro atoms. The van der Waals surface area contributed by atoms with Gasteiger partial charge in [0.15, 0.2) is 6.61 Å². The van der Waals surface area contributed by atoms with Crippen LogP contribution in [0.25, 0.3) is 0 Å². The van der Waals surface area contributed by atoms with Crippen LogP contribution in [0.3, 0.4) is 0 Å². The minimum atomic E-state index is -3.48. The highest BCUT2D eigenvalue weighted by molar-refractivity contribution is 7.92. The zero-order valence-electron chi connectivity index (χ0n) is 19.9. The number of carbonyl (C=O) groups excluding carboxylic acids is 1. The second-order valence-corrected chi connectivity index (χ2v) is 10.4. The predicted octanol–water partition coefficient (Wildman–Crippen LogP) is 4.48. The molecule has 3 aromatic rings. The number of aryl methyl sites for hydroxylation is 2. The molecule has 0 unspecified atom stereocenters. The van der Waals surface area contributed by atoms with Crippen LogP contribution in [-0.2, 0) is 27.8 Å². The number of hydrogen-bond donors (Lipinski definition) is 1. The molecule has 180 valence electrons. The van der Waals surface area contributed by atoms with Gasteiger partial charge in [-0.05, 0) is 62.1 Å². The average Bonchev–Trinajstić information content (AvgIpc) is 2.81. The summed E-state index contributed by atoms with van der Waals surface area (Å²) in [6, 6.07) is 24.7. The number of anilines is 1. The van der Waals surface area contributed by atoms with E-state index in [-0.39, 0.29) is 25.1 Å². The first-order chi connectivity index (χ1) is 16.2. The molecule has 34 heavy (non-hydrogen) atoms. The van der Waals surface area contributed by atoms with Gasteiger partial charge < -0.3 is 10.1 Å². The Bertz CT molecular complexity index is 1160. The third-order valence-electron chi connectivity index (χ3n) is 5.46. The summed E-state index contributed by atoms with van der Waals surface area (Å²) in [4.78, 5) is 12.2. The van der Waals surface area contributed by atoms with Crippen molar-refractivity contribution in [1.29, 1.82) is 0 Å². The molecule has 1 N–H and O–H groups in total. The normalized spacial score (nSPS) is 12.1. The number of hydrogen-bond acceptors (Lipinski definition) is 4. The van der Waals surface area contributed by atoms with Gasteiger partial charge in [-0.25, -0.2) is 8.42 Å². The lowest BCUT2D eigenvalue weighted by Crippen LogP contribution is -2.36. The fourth-order valence-electron chi connectivity index (χ4n) is 3.53. The molecule has 3 aromatic carbocycles. The molecular weight excluding hydrogens is 448 g/mol. The molecule has 0 aliphatic heterocycles. The molecule has 0 saturated carbocycles. The van der Waals surface area contributed by atoms with E-state index in [4.69, 9.17) is 4.74 Å². The summed E-state index contributed by atoms with van der Waals surface area (Å²) in [5.41, 5.74) is 3.79. The molecule has 0 heterocycles. The van der Waals surface area contributed by atoms with Gasteiger partial charge in [-0.2, -0.15) is 0 Å². The highest BCUT2D eigenvalue weighted by atomic mass is 32.2. The Morgan fingerprint density at radius 3 is 2.21 bits per heavy atom. The van der Waals surface area contributed by atoms with Crippen LogP contribution < -0.4 is 14.4 Å². The standard InChI is InChI=1S/C27H32N2O4S/c1-21-9-12-24(13-10-21)19-29(34(3,31)32)25-15-17-26(18-16-25)33-20-27(30)28-22(2)11-14-23-7-5-4-6-8-23/h4-10,12-13,15-18,22H,11,14,19-20H2,1-3H3,(H,28,30)/t22-/m0/s1. The van der Waals surface area contributed by atoms with E-state index in [0.29, 0.717) is 11.4 Å². The maximum Gasteiger partial charge on any atom is 0.258 e. The molecule has 3 rings (SSSR count). The van der Waals surface area contributed by atoms with Gasteiger partial charge in [0.05, 0.1) is 18.5 Å². The molecule has 1 atom stereocenters. The Balaban J connectivity index is 1.52. The number of rotatable bonds is 11. The average molecular weight is 481 g/mol. The number of benzene rings is 3. The summed E-state index contributed by atoms with van der Waals surface area (Å²) < 4.78 is 31.7. The Morgan fingerprint density at radius 2 is 1.59 bits per heavy atom. The molecule has 0 aliphatic rings. The molecule has 0 aromatic heterocycles. The number of sulfonamides is 1. The topological polar surface area (TPSA) is 75.7 Å². The van der Waals surface area contributed by atoms with E-state index in [9.17, 15) is 13.2 Å². The van der Waals surface area contributed by atoms with Gasteiger partial charge in [0, 0.05) is 6.04 Å². The van der Waals surface area contributed by atoms with Crippen LogP contribution in [0, 0.1) is 6.92 Å². The van der Waals surface area contributed by atoms with Crippen molar-refractivity contribution in [3.05, 3.63) is 95.6 Å². The van der Waals surface area contributed by atoms with Gasteiger partial charge in [0.1, 0.15) is 5.75 Å². The highest BCUT2D eigenvalue weighted by Gasteiger charge is 2.18.